The highest BCUT2D eigenvalue weighted by molar-refractivity contribution is 7.90. The molecule has 0 aliphatic carbocycles. The van der Waals surface area contributed by atoms with Crippen LogP contribution in [0.1, 0.15) is 40.4 Å². The molecule has 8 nitrogen and oxygen atoms in total. The van der Waals surface area contributed by atoms with E-state index in [4.69, 9.17) is 15.2 Å². The number of nitrogens with zero attached hydrogens (tertiary/aromatic N) is 1. The first-order valence-corrected chi connectivity index (χ1v) is 11.4. The largest absolute Gasteiger partial charge is 0.493 e. The van der Waals surface area contributed by atoms with Crippen LogP contribution in [-0.2, 0) is 9.84 Å². The lowest BCUT2D eigenvalue weighted by Crippen LogP contribution is -2.41. The molecule has 0 fully saturated rings. The molecule has 0 saturated carbocycles. The Kier molecular flexibility index (Phi) is 6.02. The summed E-state index contributed by atoms with van der Waals surface area (Å²) in [6.45, 7) is 2.20. The molecule has 0 bridgehead atoms. The molecule has 160 valence electrons. The fraction of sp³-hybridized carbons (Fsp3) is 0.333. The van der Waals surface area contributed by atoms with Crippen molar-refractivity contribution in [3.63, 3.8) is 0 Å². The summed E-state index contributed by atoms with van der Waals surface area (Å²) in [5.74, 6) is -0.640. The molecular weight excluding hydrogens is 408 g/mol. The van der Waals surface area contributed by atoms with Gasteiger partial charge in [-0.15, -0.1) is 0 Å². The first kappa shape index (κ1) is 21.6. The molecule has 2 aromatic rings. The molecule has 1 heterocycles. The number of rotatable bonds is 7. The third kappa shape index (κ3) is 4.11. The molecule has 1 aliphatic heterocycles. The second-order valence-electron chi connectivity index (χ2n) is 7.09. The van der Waals surface area contributed by atoms with Crippen molar-refractivity contribution < 1.29 is 27.5 Å². The number of sulfone groups is 1. The van der Waals surface area contributed by atoms with Gasteiger partial charge in [0.05, 0.1) is 25.5 Å². The first-order chi connectivity index (χ1) is 14.2. The van der Waals surface area contributed by atoms with E-state index < -0.39 is 33.7 Å². The maximum atomic E-state index is 12.9. The lowest BCUT2D eigenvalue weighted by molar-refractivity contribution is 0.0776. The Bertz CT molecular complexity index is 1080. The number of hydrogen-bond donors (Lipinski definition) is 1. The third-order valence-corrected chi connectivity index (χ3v) is 5.99. The van der Waals surface area contributed by atoms with Gasteiger partial charge in [0, 0.05) is 17.7 Å². The lowest BCUT2D eigenvalue weighted by atomic mass is 9.88. The van der Waals surface area contributed by atoms with Gasteiger partial charge in [0.15, 0.2) is 11.5 Å². The topological polar surface area (TPSA) is 116 Å². The summed E-state index contributed by atoms with van der Waals surface area (Å²) in [5.41, 5.74) is 7.01. The maximum absolute atomic E-state index is 12.9. The second-order valence-corrected chi connectivity index (χ2v) is 9.27. The van der Waals surface area contributed by atoms with E-state index in [9.17, 15) is 18.0 Å². The number of fused-ring (bicyclic) bond motifs is 1. The standard InChI is InChI=1S/C21H24N2O6S/c1-4-29-18-11-13(9-10-17(18)28-2)16(12-30(3,26)27)19-14-7-5-6-8-15(14)20(24)23(19)21(22)25/h5-11,16,19H,4,12H2,1-3H3,(H2,22,25). The van der Waals surface area contributed by atoms with Gasteiger partial charge in [0.1, 0.15) is 9.84 Å². The summed E-state index contributed by atoms with van der Waals surface area (Å²) in [6.07, 6.45) is 1.12. The average Bonchev–Trinajstić information content (AvgIpc) is 2.98. The number of hydrogen-bond acceptors (Lipinski definition) is 6. The highest BCUT2D eigenvalue weighted by Crippen LogP contribution is 2.45. The fourth-order valence-corrected chi connectivity index (χ4v) is 4.89. The predicted molar refractivity (Wildman–Crippen MR) is 112 cm³/mol. The van der Waals surface area contributed by atoms with Crippen molar-refractivity contribution in [3.8, 4) is 11.5 Å². The van der Waals surface area contributed by atoms with Crippen LogP contribution < -0.4 is 15.2 Å². The zero-order valence-corrected chi connectivity index (χ0v) is 17.8. The van der Waals surface area contributed by atoms with Crippen molar-refractivity contribution in [2.24, 2.45) is 5.73 Å². The predicted octanol–water partition coefficient (Wildman–Crippen LogP) is 2.50. The van der Waals surface area contributed by atoms with Gasteiger partial charge in [0.25, 0.3) is 5.91 Å². The van der Waals surface area contributed by atoms with Gasteiger partial charge in [-0.1, -0.05) is 24.3 Å². The number of amides is 3. The minimum absolute atomic E-state index is 0.291. The van der Waals surface area contributed by atoms with Crippen LogP contribution in [0, 0.1) is 0 Å². The Morgan fingerprint density at radius 3 is 2.50 bits per heavy atom. The Balaban J connectivity index is 2.20. The van der Waals surface area contributed by atoms with Gasteiger partial charge in [0.2, 0.25) is 0 Å². The Morgan fingerprint density at radius 2 is 1.90 bits per heavy atom. The molecule has 0 spiro atoms. The van der Waals surface area contributed by atoms with Crippen LogP contribution in [0.5, 0.6) is 11.5 Å². The van der Waals surface area contributed by atoms with Gasteiger partial charge in [-0.05, 0) is 36.2 Å². The molecule has 2 atom stereocenters. The second kappa shape index (κ2) is 8.35. The van der Waals surface area contributed by atoms with Gasteiger partial charge >= 0.3 is 6.03 Å². The number of imide groups is 1. The van der Waals surface area contributed by atoms with E-state index in [-0.39, 0.29) is 5.75 Å². The van der Waals surface area contributed by atoms with Crippen molar-refractivity contribution in [1.29, 1.82) is 0 Å². The Labute approximate surface area is 175 Å². The van der Waals surface area contributed by atoms with Crippen LogP contribution in [0.25, 0.3) is 0 Å². The molecule has 2 N–H and O–H groups in total. The molecule has 3 rings (SSSR count). The smallest absolute Gasteiger partial charge is 0.322 e. The van der Waals surface area contributed by atoms with Crippen molar-refractivity contribution in [1.82, 2.24) is 4.90 Å². The van der Waals surface area contributed by atoms with E-state index in [0.717, 1.165) is 11.2 Å². The highest BCUT2D eigenvalue weighted by atomic mass is 32.2. The number of carbonyl (C=O) groups is 2. The molecule has 3 amide bonds. The van der Waals surface area contributed by atoms with Gasteiger partial charge in [-0.2, -0.15) is 0 Å². The minimum atomic E-state index is -3.48. The Hall–Kier alpha value is -3.07. The van der Waals surface area contributed by atoms with Gasteiger partial charge < -0.3 is 15.2 Å². The van der Waals surface area contributed by atoms with Crippen LogP contribution in [0.15, 0.2) is 42.5 Å². The van der Waals surface area contributed by atoms with Crippen molar-refractivity contribution in [2.45, 2.75) is 18.9 Å². The number of nitrogens with two attached hydrogens (primary N) is 1. The molecule has 0 aromatic heterocycles. The van der Waals surface area contributed by atoms with Crippen molar-refractivity contribution >= 4 is 21.8 Å². The van der Waals surface area contributed by atoms with E-state index in [1.165, 1.54) is 7.11 Å². The summed E-state index contributed by atoms with van der Waals surface area (Å²) in [4.78, 5) is 26.0. The van der Waals surface area contributed by atoms with E-state index in [0.29, 0.717) is 34.8 Å². The molecule has 2 unspecified atom stereocenters. The van der Waals surface area contributed by atoms with E-state index >= 15 is 0 Å². The fourth-order valence-electron chi connectivity index (χ4n) is 3.87. The summed E-state index contributed by atoms with van der Waals surface area (Å²) in [7, 11) is -1.97. The van der Waals surface area contributed by atoms with Crippen LogP contribution in [0.4, 0.5) is 4.79 Å². The zero-order valence-electron chi connectivity index (χ0n) is 17.0. The summed E-state index contributed by atoms with van der Waals surface area (Å²) < 4.78 is 35.5. The van der Waals surface area contributed by atoms with Gasteiger partial charge in [-0.3, -0.25) is 9.69 Å². The summed E-state index contributed by atoms with van der Waals surface area (Å²) in [5, 5.41) is 0. The van der Waals surface area contributed by atoms with E-state index in [1.807, 2.05) is 6.92 Å². The van der Waals surface area contributed by atoms with Crippen LogP contribution in [0.3, 0.4) is 0 Å². The minimum Gasteiger partial charge on any atom is -0.493 e. The summed E-state index contributed by atoms with van der Waals surface area (Å²) in [6, 6.07) is 10.0. The highest BCUT2D eigenvalue weighted by Gasteiger charge is 2.45. The lowest BCUT2D eigenvalue weighted by Gasteiger charge is -2.30. The molecule has 0 saturated heterocycles. The maximum Gasteiger partial charge on any atom is 0.322 e. The number of urea groups is 1. The van der Waals surface area contributed by atoms with Crippen molar-refractivity contribution in [2.75, 3.05) is 25.7 Å². The first-order valence-electron chi connectivity index (χ1n) is 9.38. The quantitative estimate of drug-likeness (QED) is 0.719. The normalized spacial score (nSPS) is 16.8. The molecule has 2 aromatic carbocycles. The molecule has 30 heavy (non-hydrogen) atoms. The van der Waals surface area contributed by atoms with Crippen LogP contribution in [0.2, 0.25) is 0 Å². The third-order valence-electron chi connectivity index (χ3n) is 5.02. The molecule has 0 radical (unpaired) electrons. The number of ether oxygens (including phenoxy) is 2. The Morgan fingerprint density at radius 1 is 1.20 bits per heavy atom. The van der Waals surface area contributed by atoms with Crippen molar-refractivity contribution in [3.05, 3.63) is 59.2 Å². The number of carbonyl (C=O) groups excluding carboxylic acids is 2. The zero-order chi connectivity index (χ0) is 22.1. The number of methoxy groups -OCH3 is 1. The van der Waals surface area contributed by atoms with Crippen LogP contribution >= 0.6 is 0 Å². The number of benzene rings is 2. The van der Waals surface area contributed by atoms with Crippen LogP contribution in [-0.4, -0.2) is 51.0 Å². The number of primary amides is 1. The van der Waals surface area contributed by atoms with Gasteiger partial charge in [-0.25, -0.2) is 13.2 Å². The molecule has 9 heteroatoms. The monoisotopic (exact) mass is 432 g/mol. The van der Waals surface area contributed by atoms with E-state index in [2.05, 4.69) is 0 Å². The summed E-state index contributed by atoms with van der Waals surface area (Å²) >= 11 is 0. The average molecular weight is 432 g/mol. The molecular formula is C21H24N2O6S. The van der Waals surface area contributed by atoms with E-state index in [1.54, 1.807) is 42.5 Å². The SMILES string of the molecule is CCOc1cc(C(CS(C)(=O)=O)C2c3ccccc3C(=O)N2C(N)=O)ccc1OC. The molecule has 1 aliphatic rings.